The number of halogens is 4. The fourth-order valence-corrected chi connectivity index (χ4v) is 14.1. The molecule has 2 unspecified atom stereocenters. The number of aromatic nitrogens is 13. The maximum absolute atomic E-state index is 13.9. The summed E-state index contributed by atoms with van der Waals surface area (Å²) in [6.45, 7) is 21.9. The van der Waals surface area contributed by atoms with Crippen molar-refractivity contribution >= 4 is 86.5 Å². The molecule has 10 heterocycles. The normalized spacial score (nSPS) is 14.4. The number of hydrogen-bond donors (Lipinski definition) is 8. The maximum Gasteiger partial charge on any atom is 0.376 e. The lowest BCUT2D eigenvalue weighted by Crippen LogP contribution is -2.36. The number of ether oxygens (including phenoxy) is 2. The fraction of sp³-hybridized carbons (Fsp3) is 0.296. The molecule has 0 bridgehead atoms. The van der Waals surface area contributed by atoms with Crippen LogP contribution in [0.25, 0.3) is 111 Å². The van der Waals surface area contributed by atoms with Crippen molar-refractivity contribution in [2.75, 3.05) is 44.3 Å². The van der Waals surface area contributed by atoms with Gasteiger partial charge in [0.05, 0.1) is 50.0 Å². The number of aldehydes is 1. The van der Waals surface area contributed by atoms with Gasteiger partial charge in [-0.15, -0.1) is 0 Å². The van der Waals surface area contributed by atoms with Gasteiger partial charge in [-0.3, -0.25) is 24.8 Å². The van der Waals surface area contributed by atoms with Crippen LogP contribution in [0.4, 0.5) is 28.9 Å². The number of anilines is 2. The van der Waals surface area contributed by atoms with E-state index in [1.54, 1.807) is 25.8 Å². The minimum Gasteiger partial charge on any atom is -0.437 e. The summed E-state index contributed by atoms with van der Waals surface area (Å²) in [5.41, 5.74) is 30.2. The highest BCUT2D eigenvalue weighted by molar-refractivity contribution is 6.45. The van der Waals surface area contributed by atoms with Crippen molar-refractivity contribution in [3.63, 3.8) is 0 Å². The Bertz CT molecular complexity index is 5590. The van der Waals surface area contributed by atoms with Gasteiger partial charge in [0.15, 0.2) is 36.2 Å². The minimum absolute atomic E-state index is 0.0718. The Hall–Kier alpha value is -11.0. The quantitative estimate of drug-likeness (QED) is 0.0161. The van der Waals surface area contributed by atoms with Crippen LogP contribution in [0, 0.1) is 44.0 Å². The molecule has 23 nitrogen and oxygen atoms in total. The minimum atomic E-state index is -0.822. The number of H-pyrrole nitrogens is 3. The number of fused-ring (bicyclic) bond motifs is 5. The fourth-order valence-electron chi connectivity index (χ4n) is 14.1. The Labute approximate surface area is 634 Å². The van der Waals surface area contributed by atoms with E-state index in [1.165, 1.54) is 35.4 Å². The molecular weight excluding hydrogens is 1400 g/mol. The van der Waals surface area contributed by atoms with Crippen LogP contribution in [-0.2, 0) is 29.1 Å². The molecule has 14 aromatic rings. The molecule has 8 aromatic heterocycles. The van der Waals surface area contributed by atoms with Gasteiger partial charge in [0, 0.05) is 109 Å². The number of nitrogen functional groups attached to an aromatic ring is 2. The molecule has 2 saturated heterocycles. The van der Waals surface area contributed by atoms with Crippen molar-refractivity contribution in [3.05, 3.63) is 203 Å². The largest absolute Gasteiger partial charge is 0.437 e. The second-order valence-electron chi connectivity index (χ2n) is 27.6. The van der Waals surface area contributed by atoms with Crippen LogP contribution in [-0.4, -0.2) is 138 Å². The summed E-state index contributed by atoms with van der Waals surface area (Å²) in [5, 5.41) is 43.3. The molecule has 0 aliphatic carbocycles. The molecule has 0 amide bonds. The van der Waals surface area contributed by atoms with Gasteiger partial charge in [-0.05, 0) is 222 Å². The molecule has 2 atom stereocenters. The summed E-state index contributed by atoms with van der Waals surface area (Å²) in [6.07, 6.45) is 17.9. The third-order valence-corrected chi connectivity index (χ3v) is 20.5. The van der Waals surface area contributed by atoms with Gasteiger partial charge in [0.2, 0.25) is 0 Å². The molecule has 29 heteroatoms. The van der Waals surface area contributed by atoms with E-state index in [2.05, 4.69) is 115 Å². The van der Waals surface area contributed by atoms with E-state index in [0.717, 1.165) is 172 Å². The van der Waals surface area contributed by atoms with E-state index in [9.17, 15) is 32.4 Å². The number of pyridine rings is 3. The molecule has 0 spiro atoms. The number of nitrogens with two attached hydrogens (primary N) is 2. The highest BCUT2D eigenvalue weighted by atomic mass is 19.1. The number of aromatic amines is 3. The predicted molar refractivity (Wildman–Crippen MR) is 425 cm³/mol. The Kier molecular flexibility index (Phi) is 24.0. The topological polar surface area (TPSA) is 307 Å². The van der Waals surface area contributed by atoms with E-state index in [0.29, 0.717) is 76.6 Å². The lowest BCUT2D eigenvalue weighted by Gasteiger charge is -2.23. The molecule has 566 valence electrons. The lowest BCUT2D eigenvalue weighted by atomic mass is 9.84. The summed E-state index contributed by atoms with van der Waals surface area (Å²) >= 11 is 0. The van der Waals surface area contributed by atoms with Crippen molar-refractivity contribution in [1.82, 2.24) is 79.6 Å². The summed E-state index contributed by atoms with van der Waals surface area (Å²) in [5.74, 6) is -0.957. The first-order chi connectivity index (χ1) is 53.2. The third-order valence-electron chi connectivity index (χ3n) is 20.5. The highest BCUT2D eigenvalue weighted by Gasteiger charge is 2.27. The zero-order valence-corrected chi connectivity index (χ0v) is 62.7. The second-order valence-corrected chi connectivity index (χ2v) is 27.6. The number of imidazole rings is 2. The Morgan fingerprint density at radius 1 is 0.573 bits per heavy atom. The molecule has 110 heavy (non-hydrogen) atoms. The van der Waals surface area contributed by atoms with Crippen molar-refractivity contribution in [1.29, 1.82) is 0 Å². The SMILES string of the molecule is CCN(Cc1cncc(-c2ccc3c(c2)c(-c2nc4ccc(F)cc4[nH]2)nn3C2CCCCO2)c1C)B(C)O.CCN(Cc1cncc(-c2ccc3c(c2)c(C=O)nn3C2CCCCO2)c1C)B(C)O.CCNCc1cncc(-c2ccc3[nH]nc(-c4nc5ccc(F)cc5[nH]4)c3c2)c1C.Nc1cc(F)cc(F)c1N. The zero-order valence-electron chi connectivity index (χ0n) is 62.7. The average Bonchev–Trinajstić information content (AvgIpc) is 1.60. The molecule has 2 aliphatic heterocycles. The number of carbonyl (C=O) groups excluding carboxylic acids is 1. The number of nitrogens with zero attached hydrogens (tertiary/aromatic N) is 12. The van der Waals surface area contributed by atoms with Crippen LogP contribution in [0.15, 0.2) is 140 Å². The van der Waals surface area contributed by atoms with Crippen LogP contribution in [0.1, 0.15) is 116 Å². The molecule has 10 N–H and O–H groups in total. The third kappa shape index (κ3) is 16.7. The van der Waals surface area contributed by atoms with Gasteiger partial charge in [-0.25, -0.2) is 36.9 Å². The van der Waals surface area contributed by atoms with Crippen molar-refractivity contribution < 1.29 is 41.9 Å². The second kappa shape index (κ2) is 34.3. The zero-order chi connectivity index (χ0) is 77.4. The van der Waals surface area contributed by atoms with E-state index >= 15 is 0 Å². The van der Waals surface area contributed by atoms with E-state index < -0.39 is 25.7 Å². The number of nitrogens with one attached hydrogen (secondary N) is 4. The van der Waals surface area contributed by atoms with Crippen molar-refractivity contribution in [3.8, 4) is 56.4 Å². The number of hydrogen-bond acceptors (Lipinski definition) is 18. The van der Waals surface area contributed by atoms with Crippen LogP contribution in [0.5, 0.6) is 0 Å². The highest BCUT2D eigenvalue weighted by Crippen LogP contribution is 2.39. The number of benzene rings is 6. The van der Waals surface area contributed by atoms with Gasteiger partial charge in [0.1, 0.15) is 34.5 Å². The van der Waals surface area contributed by atoms with E-state index in [1.807, 2.05) is 88.2 Å². The average molecular weight is 1490 g/mol. The predicted octanol–water partition coefficient (Wildman–Crippen LogP) is 15.4. The van der Waals surface area contributed by atoms with Gasteiger partial charge in [-0.2, -0.15) is 15.3 Å². The van der Waals surface area contributed by atoms with Gasteiger partial charge in [-0.1, -0.05) is 39.0 Å². The summed E-state index contributed by atoms with van der Waals surface area (Å²) < 4.78 is 67.9. The van der Waals surface area contributed by atoms with Crippen LogP contribution in [0.3, 0.4) is 0 Å². The Morgan fingerprint density at radius 2 is 1.06 bits per heavy atom. The van der Waals surface area contributed by atoms with Crippen molar-refractivity contribution in [2.45, 2.75) is 126 Å². The molecule has 0 saturated carbocycles. The molecule has 2 fully saturated rings. The van der Waals surface area contributed by atoms with Gasteiger partial charge < -0.3 is 55.9 Å². The lowest BCUT2D eigenvalue weighted by molar-refractivity contribution is -0.0368. The number of carbonyl (C=O) groups is 1. The molecule has 6 aromatic carbocycles. The first-order valence-electron chi connectivity index (χ1n) is 37.1. The molecular formula is C81H88B2F4N18O5. The van der Waals surface area contributed by atoms with Crippen molar-refractivity contribution in [2.24, 2.45) is 0 Å². The van der Waals surface area contributed by atoms with Crippen LogP contribution < -0.4 is 16.8 Å². The van der Waals surface area contributed by atoms with Crippen LogP contribution in [0.2, 0.25) is 13.6 Å². The molecule has 2 aliphatic rings. The Morgan fingerprint density at radius 3 is 1.56 bits per heavy atom. The first kappa shape index (κ1) is 77.1. The van der Waals surface area contributed by atoms with Gasteiger partial charge >= 0.3 is 14.1 Å². The summed E-state index contributed by atoms with van der Waals surface area (Å²) in [7, 11) is -1.06. The number of rotatable bonds is 19. The summed E-state index contributed by atoms with van der Waals surface area (Å²) in [6, 6.07) is 29.3. The maximum atomic E-state index is 13.9. The first-order valence-corrected chi connectivity index (χ1v) is 37.1. The van der Waals surface area contributed by atoms with E-state index in [-0.39, 0.29) is 35.5 Å². The monoisotopic (exact) mass is 1490 g/mol. The molecule has 16 rings (SSSR count). The standard InChI is InChI=1S/C29H32BFN6O2.C23H29BN4O3.C23H21FN6.C6H6F2N2/c1-4-36(30(3)38)17-20-15-32-16-23(18(20)2)19-8-11-26-22(13-19)28(35-37(26)27-7-5-6-12-39-27)29-33-24-10-9-21(31)14-25(24)34-29;1-4-27(24(3)30)14-18-12-25-13-20(16(18)2)17-8-9-22-19(11-17)21(15-29)26-28(22)23-7-5-6-10-31-23;1-3-25-10-15-11-26-12-18(13(15)2)14-4-6-19-17(8-14)22(30-29-19)23-27-20-7-5-16(24)9-21(20)28-23;7-3-1-4(8)6(10)5(9)2-3/h8-11,13-16,27,38H,4-7,12,17H2,1-3H3,(H,33,34);8-9,11-13,15,23,30H,4-7,10,14H2,1-3H3;4-9,11-12,25H,3,10H2,1-2H3,(H,27,28)(H,29,30);1-2H,9-10H2. The van der Waals surface area contributed by atoms with Crippen LogP contribution >= 0.6 is 0 Å². The smallest absolute Gasteiger partial charge is 0.376 e. The Balaban J connectivity index is 0.000000137. The van der Waals surface area contributed by atoms with Gasteiger partial charge in [0.25, 0.3) is 0 Å². The summed E-state index contributed by atoms with van der Waals surface area (Å²) in [4.78, 5) is 44.9. The molecule has 0 radical (unpaired) electrons. The van der Waals surface area contributed by atoms with E-state index in [4.69, 9.17) is 31.0 Å².